The van der Waals surface area contributed by atoms with Gasteiger partial charge in [0.15, 0.2) is 0 Å². The van der Waals surface area contributed by atoms with E-state index in [1.165, 1.54) is 0 Å². The Bertz CT molecular complexity index is 293. The van der Waals surface area contributed by atoms with E-state index in [1.807, 2.05) is 6.08 Å². The molecule has 0 aromatic rings. The molecule has 0 bridgehead atoms. The van der Waals surface area contributed by atoms with Gasteiger partial charge in [0.1, 0.15) is 0 Å². The lowest BCUT2D eigenvalue weighted by molar-refractivity contribution is 0.0334. The van der Waals surface area contributed by atoms with Gasteiger partial charge in [0.05, 0.1) is 19.3 Å². The highest BCUT2D eigenvalue weighted by atomic mass is 16.7. The third-order valence-electron chi connectivity index (χ3n) is 2.41. The zero-order valence-electron chi connectivity index (χ0n) is 12.7. The van der Waals surface area contributed by atoms with Gasteiger partial charge < -0.3 is 9.47 Å². The van der Waals surface area contributed by atoms with Gasteiger partial charge in [-0.3, -0.25) is 0 Å². The third-order valence-corrected chi connectivity index (χ3v) is 2.41. The topological polar surface area (TPSA) is 18.5 Å². The van der Waals surface area contributed by atoms with Crippen LogP contribution in [-0.2, 0) is 9.47 Å². The molecule has 0 aliphatic heterocycles. The van der Waals surface area contributed by atoms with Crippen molar-refractivity contribution in [1.29, 1.82) is 0 Å². The Hall–Kier alpha value is -1.36. The van der Waals surface area contributed by atoms with Crippen LogP contribution in [0, 0.1) is 11.8 Å². The molecule has 2 nitrogen and oxygen atoms in total. The summed E-state index contributed by atoms with van der Waals surface area (Å²) in [6, 6.07) is 0. The molecule has 2 heteroatoms. The van der Waals surface area contributed by atoms with E-state index in [-0.39, 0.29) is 0 Å². The van der Waals surface area contributed by atoms with Crippen molar-refractivity contribution in [1.82, 2.24) is 0 Å². The van der Waals surface area contributed by atoms with E-state index in [0.29, 0.717) is 19.2 Å². The molecule has 0 saturated heterocycles. The fourth-order valence-electron chi connectivity index (χ4n) is 1.22. The quantitative estimate of drug-likeness (QED) is 0.320. The Morgan fingerprint density at radius 1 is 0.895 bits per heavy atom. The van der Waals surface area contributed by atoms with Gasteiger partial charge in [-0.05, 0) is 25.3 Å². The van der Waals surface area contributed by atoms with Gasteiger partial charge in [0, 0.05) is 0 Å². The van der Waals surface area contributed by atoms with Crippen LogP contribution in [-0.4, -0.2) is 13.2 Å². The summed E-state index contributed by atoms with van der Waals surface area (Å²) in [6.45, 7) is 7.83. The van der Waals surface area contributed by atoms with Crippen molar-refractivity contribution < 1.29 is 9.47 Å². The van der Waals surface area contributed by atoms with Crippen LogP contribution in [0.15, 0.2) is 24.2 Å². The molecule has 0 aliphatic rings. The third kappa shape index (κ3) is 12.9. The molecule has 108 valence electrons. The van der Waals surface area contributed by atoms with Gasteiger partial charge in [-0.1, -0.05) is 58.0 Å². The summed E-state index contributed by atoms with van der Waals surface area (Å²) in [5.41, 5.74) is 0. The summed E-state index contributed by atoms with van der Waals surface area (Å²) in [7, 11) is 0. The van der Waals surface area contributed by atoms with Crippen molar-refractivity contribution in [2.24, 2.45) is 0 Å². The molecule has 0 aromatic heterocycles. The zero-order valence-corrected chi connectivity index (χ0v) is 12.7. The number of hydrogen-bond donors (Lipinski definition) is 0. The molecular formula is C17H28O2. The van der Waals surface area contributed by atoms with Crippen LogP contribution in [0.25, 0.3) is 0 Å². The molecule has 0 unspecified atom stereocenters. The number of allylic oxidation sites excluding steroid dienone is 3. The fraction of sp³-hybridized carbons (Fsp3) is 0.647. The van der Waals surface area contributed by atoms with Gasteiger partial charge in [-0.2, -0.15) is 0 Å². The second-order valence-electron chi connectivity index (χ2n) is 4.35. The first kappa shape index (κ1) is 17.6. The Labute approximate surface area is 118 Å². The van der Waals surface area contributed by atoms with Crippen molar-refractivity contribution in [2.75, 3.05) is 13.2 Å². The van der Waals surface area contributed by atoms with E-state index in [9.17, 15) is 0 Å². The second kappa shape index (κ2) is 14.7. The first-order valence-corrected chi connectivity index (χ1v) is 7.46. The Kier molecular flexibility index (Phi) is 13.6. The monoisotopic (exact) mass is 264 g/mol. The van der Waals surface area contributed by atoms with Crippen molar-refractivity contribution >= 4 is 0 Å². The molecule has 0 amide bonds. The first-order chi connectivity index (χ1) is 9.35. The summed E-state index contributed by atoms with van der Waals surface area (Å²) in [4.78, 5) is 0. The van der Waals surface area contributed by atoms with Crippen LogP contribution in [0.3, 0.4) is 0 Å². The van der Waals surface area contributed by atoms with Crippen LogP contribution in [0.1, 0.15) is 59.3 Å². The maximum atomic E-state index is 5.57. The van der Waals surface area contributed by atoms with Gasteiger partial charge in [0.25, 0.3) is 5.95 Å². The Morgan fingerprint density at radius 3 is 2.05 bits per heavy atom. The predicted octanol–water partition coefficient (Wildman–Crippen LogP) is 4.82. The molecule has 0 rings (SSSR count). The molecule has 0 atom stereocenters. The van der Waals surface area contributed by atoms with Crippen molar-refractivity contribution in [3.8, 4) is 11.8 Å². The molecule has 0 aromatic carbocycles. The summed E-state index contributed by atoms with van der Waals surface area (Å²) < 4.78 is 11.1. The van der Waals surface area contributed by atoms with Crippen LogP contribution < -0.4 is 0 Å². The smallest absolute Gasteiger partial charge is 0.287 e. The molecule has 0 spiro atoms. The summed E-state index contributed by atoms with van der Waals surface area (Å²) in [6.07, 6.45) is 12.2. The lowest BCUT2D eigenvalue weighted by atomic mass is 10.3. The van der Waals surface area contributed by atoms with E-state index >= 15 is 0 Å². The van der Waals surface area contributed by atoms with Crippen molar-refractivity contribution in [3.63, 3.8) is 0 Å². The standard InChI is InChI=1S/C17H28O2/c1-4-7-10-11-12-13-14-17(18-15-8-5-2)19-16-9-6-3/h10-11,14H,4-9,15-16H2,1-3H3/b11-10-. The van der Waals surface area contributed by atoms with Crippen molar-refractivity contribution in [2.45, 2.75) is 59.3 Å². The van der Waals surface area contributed by atoms with E-state index in [2.05, 4.69) is 38.7 Å². The number of hydrogen-bond acceptors (Lipinski definition) is 2. The highest BCUT2D eigenvalue weighted by Gasteiger charge is 1.97. The normalized spacial score (nSPS) is 9.84. The maximum absolute atomic E-state index is 5.57. The number of ether oxygens (including phenoxy) is 2. The lowest BCUT2D eigenvalue weighted by Gasteiger charge is -2.10. The molecule has 0 heterocycles. The summed E-state index contributed by atoms with van der Waals surface area (Å²) in [5.74, 6) is 6.47. The van der Waals surface area contributed by atoms with E-state index in [1.54, 1.807) is 6.08 Å². The first-order valence-electron chi connectivity index (χ1n) is 7.46. The van der Waals surface area contributed by atoms with Gasteiger partial charge >= 0.3 is 0 Å². The minimum atomic E-state index is 0.554. The van der Waals surface area contributed by atoms with Crippen LogP contribution in [0.5, 0.6) is 0 Å². The molecule has 0 radical (unpaired) electrons. The fourth-order valence-corrected chi connectivity index (χ4v) is 1.22. The van der Waals surface area contributed by atoms with E-state index < -0.39 is 0 Å². The SMILES string of the molecule is CCC/C=C\C#CC=C(OCCCC)OCCCC. The van der Waals surface area contributed by atoms with E-state index in [4.69, 9.17) is 9.47 Å². The average Bonchev–Trinajstić information content (AvgIpc) is 2.42. The van der Waals surface area contributed by atoms with Crippen LogP contribution in [0.4, 0.5) is 0 Å². The highest BCUT2D eigenvalue weighted by Crippen LogP contribution is 2.03. The zero-order chi connectivity index (χ0) is 14.2. The highest BCUT2D eigenvalue weighted by molar-refractivity contribution is 5.23. The van der Waals surface area contributed by atoms with E-state index in [0.717, 1.165) is 38.5 Å². The maximum Gasteiger partial charge on any atom is 0.287 e. The molecule has 19 heavy (non-hydrogen) atoms. The Balaban J connectivity index is 4.18. The average molecular weight is 264 g/mol. The van der Waals surface area contributed by atoms with Crippen LogP contribution in [0.2, 0.25) is 0 Å². The molecule has 0 aliphatic carbocycles. The van der Waals surface area contributed by atoms with Gasteiger partial charge in [0.2, 0.25) is 0 Å². The molecule has 0 fully saturated rings. The second-order valence-corrected chi connectivity index (χ2v) is 4.35. The largest absolute Gasteiger partial charge is 0.465 e. The minimum Gasteiger partial charge on any atom is -0.465 e. The Morgan fingerprint density at radius 2 is 1.53 bits per heavy atom. The molecular weight excluding hydrogens is 236 g/mol. The van der Waals surface area contributed by atoms with Gasteiger partial charge in [-0.15, -0.1) is 0 Å². The predicted molar refractivity (Wildman–Crippen MR) is 81.6 cm³/mol. The number of rotatable bonds is 10. The van der Waals surface area contributed by atoms with Gasteiger partial charge in [-0.25, -0.2) is 0 Å². The molecule has 0 N–H and O–H groups in total. The summed E-state index contributed by atoms with van der Waals surface area (Å²) >= 11 is 0. The van der Waals surface area contributed by atoms with Crippen molar-refractivity contribution in [3.05, 3.63) is 24.2 Å². The lowest BCUT2D eigenvalue weighted by Crippen LogP contribution is -2.01. The number of unbranched alkanes of at least 4 members (excludes halogenated alkanes) is 3. The minimum absolute atomic E-state index is 0.554. The van der Waals surface area contributed by atoms with Crippen LogP contribution >= 0.6 is 0 Å². The summed E-state index contributed by atoms with van der Waals surface area (Å²) in [5, 5.41) is 0. The molecule has 0 saturated carbocycles.